The molecule has 1 nitrogen and oxygen atoms in total. The maximum absolute atomic E-state index is 11.8. The van der Waals surface area contributed by atoms with E-state index in [2.05, 4.69) is 17.2 Å². The van der Waals surface area contributed by atoms with E-state index in [1.54, 1.807) is 5.16 Å². The van der Waals surface area contributed by atoms with Crippen LogP contribution in [0.15, 0.2) is 4.99 Å². The first-order valence-electron chi connectivity index (χ1n) is 2.47. The highest BCUT2D eigenvalue weighted by Gasteiger charge is 2.47. The summed E-state index contributed by atoms with van der Waals surface area (Å²) in [6, 6.07) is 0. The van der Waals surface area contributed by atoms with Crippen molar-refractivity contribution in [2.24, 2.45) is 4.99 Å². The molecule has 58 valence electrons. The fourth-order valence-corrected chi connectivity index (χ4v) is 0.406. The van der Waals surface area contributed by atoms with Crippen LogP contribution in [-0.4, -0.2) is 16.9 Å². The van der Waals surface area contributed by atoms with Gasteiger partial charge in [0, 0.05) is 0 Å². The molecule has 5 heteroatoms. The molecule has 0 bridgehead atoms. The van der Waals surface area contributed by atoms with Gasteiger partial charge in [0.2, 0.25) is 0 Å². The number of nitrogens with zero attached hydrogens (tertiary/aromatic N) is 1. The average molecular weight is 169 g/mol. The van der Waals surface area contributed by atoms with Gasteiger partial charge in [0.15, 0.2) is 5.54 Å². The quantitative estimate of drug-likeness (QED) is 0.433. The summed E-state index contributed by atoms with van der Waals surface area (Å²) in [7, 11) is 0. The number of hydrogen-bond donors (Lipinski definition) is 0. The number of thiocarbonyl (C=S) groups is 1. The van der Waals surface area contributed by atoms with Crippen molar-refractivity contribution >= 4 is 17.4 Å². The van der Waals surface area contributed by atoms with Crippen LogP contribution in [0.2, 0.25) is 0 Å². The van der Waals surface area contributed by atoms with Crippen LogP contribution in [0.1, 0.15) is 13.8 Å². The third-order valence-electron chi connectivity index (χ3n) is 1.02. The summed E-state index contributed by atoms with van der Waals surface area (Å²) in [4.78, 5) is 2.97. The fourth-order valence-electron chi connectivity index (χ4n) is 0.177. The first kappa shape index (κ1) is 9.59. The number of alkyl halides is 3. The van der Waals surface area contributed by atoms with Crippen LogP contribution < -0.4 is 0 Å². The zero-order chi connectivity index (χ0) is 8.41. The fraction of sp³-hybridized carbons (Fsp3) is 0.800. The van der Waals surface area contributed by atoms with Gasteiger partial charge < -0.3 is 0 Å². The second-order valence-electron chi connectivity index (χ2n) is 2.26. The Morgan fingerprint density at radius 3 is 1.80 bits per heavy atom. The minimum Gasteiger partial charge on any atom is -0.217 e. The van der Waals surface area contributed by atoms with Crippen LogP contribution in [-0.2, 0) is 0 Å². The Morgan fingerprint density at radius 1 is 1.30 bits per heavy atom. The Bertz CT molecular complexity index is 166. The van der Waals surface area contributed by atoms with Crippen LogP contribution >= 0.6 is 12.2 Å². The molecule has 0 aliphatic rings. The maximum Gasteiger partial charge on any atom is 0.413 e. The number of halogens is 3. The van der Waals surface area contributed by atoms with Crippen LogP contribution in [0.3, 0.4) is 0 Å². The molecule has 0 N–H and O–H groups in total. The van der Waals surface area contributed by atoms with Crippen molar-refractivity contribution in [2.75, 3.05) is 0 Å². The molecule has 0 fully saturated rings. The molecule has 0 aliphatic carbocycles. The Morgan fingerprint density at radius 2 is 1.70 bits per heavy atom. The van der Waals surface area contributed by atoms with Gasteiger partial charge in [-0.1, -0.05) is 0 Å². The molecule has 0 aromatic rings. The molecule has 0 rings (SSSR count). The van der Waals surface area contributed by atoms with E-state index in [9.17, 15) is 13.2 Å². The lowest BCUT2D eigenvalue weighted by atomic mass is 10.1. The number of aliphatic imine (C=N–C) groups is 1. The number of isothiocyanates is 1. The Labute approximate surface area is 61.9 Å². The molecule has 10 heavy (non-hydrogen) atoms. The third kappa shape index (κ3) is 2.08. The van der Waals surface area contributed by atoms with E-state index in [1.165, 1.54) is 0 Å². The molecule has 0 saturated carbocycles. The monoisotopic (exact) mass is 169 g/mol. The minimum atomic E-state index is -4.35. The smallest absolute Gasteiger partial charge is 0.217 e. The van der Waals surface area contributed by atoms with Crippen LogP contribution in [0.4, 0.5) is 13.2 Å². The highest BCUT2D eigenvalue weighted by Crippen LogP contribution is 2.32. The van der Waals surface area contributed by atoms with Crippen molar-refractivity contribution in [3.63, 3.8) is 0 Å². The third-order valence-corrected chi connectivity index (χ3v) is 1.11. The molecular weight excluding hydrogens is 163 g/mol. The lowest BCUT2D eigenvalue weighted by molar-refractivity contribution is -0.174. The van der Waals surface area contributed by atoms with Gasteiger partial charge in [0.25, 0.3) is 0 Å². The van der Waals surface area contributed by atoms with Gasteiger partial charge in [-0.05, 0) is 26.1 Å². The van der Waals surface area contributed by atoms with Crippen molar-refractivity contribution < 1.29 is 13.2 Å². The Balaban J connectivity index is 4.56. The molecule has 0 aliphatic heterocycles. The van der Waals surface area contributed by atoms with Crippen LogP contribution in [0.5, 0.6) is 0 Å². The van der Waals surface area contributed by atoms with Crippen LogP contribution in [0.25, 0.3) is 0 Å². The van der Waals surface area contributed by atoms with Crippen molar-refractivity contribution in [3.8, 4) is 0 Å². The van der Waals surface area contributed by atoms with Crippen LogP contribution in [0, 0.1) is 0 Å². The number of hydrogen-bond acceptors (Lipinski definition) is 2. The van der Waals surface area contributed by atoms with Gasteiger partial charge in [-0.2, -0.15) is 13.2 Å². The first-order valence-corrected chi connectivity index (χ1v) is 2.88. The molecule has 0 spiro atoms. The lowest BCUT2D eigenvalue weighted by Gasteiger charge is -2.20. The molecule has 0 aromatic heterocycles. The second kappa shape index (κ2) is 2.68. The van der Waals surface area contributed by atoms with E-state index in [-0.39, 0.29) is 0 Å². The molecule has 0 unspecified atom stereocenters. The Kier molecular flexibility index (Phi) is 2.57. The first-order chi connectivity index (χ1) is 4.31. The lowest BCUT2D eigenvalue weighted by Crippen LogP contribution is -2.36. The molecule has 0 saturated heterocycles. The van der Waals surface area contributed by atoms with Gasteiger partial charge in [0.05, 0.1) is 5.16 Å². The van der Waals surface area contributed by atoms with Gasteiger partial charge in [-0.3, -0.25) is 0 Å². The van der Waals surface area contributed by atoms with Gasteiger partial charge in [0.1, 0.15) is 0 Å². The predicted molar refractivity (Wildman–Crippen MR) is 35.2 cm³/mol. The molecule has 0 atom stereocenters. The highest BCUT2D eigenvalue weighted by molar-refractivity contribution is 7.78. The molecule has 0 aromatic carbocycles. The van der Waals surface area contributed by atoms with Gasteiger partial charge >= 0.3 is 6.18 Å². The summed E-state index contributed by atoms with van der Waals surface area (Å²) in [5, 5.41) is 1.70. The van der Waals surface area contributed by atoms with E-state index in [4.69, 9.17) is 0 Å². The SMILES string of the molecule is CC(C)(N=C=S)C(F)(F)F. The highest BCUT2D eigenvalue weighted by atomic mass is 32.1. The second-order valence-corrected chi connectivity index (χ2v) is 2.44. The molecule has 0 radical (unpaired) electrons. The van der Waals surface area contributed by atoms with Crippen molar-refractivity contribution in [2.45, 2.75) is 25.6 Å². The summed E-state index contributed by atoms with van der Waals surface area (Å²) < 4.78 is 35.5. The maximum atomic E-state index is 11.8. The normalized spacial score (nSPS) is 12.5. The molecular formula is C5H6F3NS. The molecule has 0 amide bonds. The topological polar surface area (TPSA) is 12.4 Å². The predicted octanol–water partition coefficient (Wildman–Crippen LogP) is 2.43. The van der Waals surface area contributed by atoms with Crippen molar-refractivity contribution in [1.82, 2.24) is 0 Å². The van der Waals surface area contributed by atoms with Gasteiger partial charge in [-0.15, -0.1) is 0 Å². The summed E-state index contributed by atoms with van der Waals surface area (Å²) in [6.07, 6.45) is -4.35. The average Bonchev–Trinajstić information content (AvgIpc) is 1.61. The van der Waals surface area contributed by atoms with E-state index in [1.807, 2.05) is 0 Å². The molecule has 0 heterocycles. The number of rotatable bonds is 1. The Hall–Kier alpha value is -0.410. The largest absolute Gasteiger partial charge is 0.413 e. The van der Waals surface area contributed by atoms with Gasteiger partial charge in [-0.25, -0.2) is 4.99 Å². The van der Waals surface area contributed by atoms with E-state index >= 15 is 0 Å². The summed E-state index contributed by atoms with van der Waals surface area (Å²) >= 11 is 4.05. The van der Waals surface area contributed by atoms with Crippen molar-refractivity contribution in [3.05, 3.63) is 0 Å². The standard InChI is InChI=1S/C5H6F3NS/c1-4(2,9-3-10)5(6,7)8/h1-2H3. The summed E-state index contributed by atoms with van der Waals surface area (Å²) in [5.74, 6) is 0. The summed E-state index contributed by atoms with van der Waals surface area (Å²) in [5.41, 5.74) is -2.10. The van der Waals surface area contributed by atoms with E-state index < -0.39 is 11.7 Å². The zero-order valence-corrected chi connectivity index (χ0v) is 6.31. The minimum absolute atomic E-state index is 0.937. The summed E-state index contributed by atoms with van der Waals surface area (Å²) in [6.45, 7) is 1.87. The zero-order valence-electron chi connectivity index (χ0n) is 5.49. The van der Waals surface area contributed by atoms with E-state index in [0.29, 0.717) is 0 Å². The van der Waals surface area contributed by atoms with E-state index in [0.717, 1.165) is 13.8 Å². The van der Waals surface area contributed by atoms with Crippen molar-refractivity contribution in [1.29, 1.82) is 0 Å².